The summed E-state index contributed by atoms with van der Waals surface area (Å²) in [6.07, 6.45) is 13.9. The molecule has 3 nitrogen and oxygen atoms in total. The van der Waals surface area contributed by atoms with Crippen molar-refractivity contribution in [1.29, 1.82) is 0 Å². The van der Waals surface area contributed by atoms with E-state index in [2.05, 4.69) is 19.1 Å². The van der Waals surface area contributed by atoms with Gasteiger partial charge in [-0.1, -0.05) is 75.4 Å². The van der Waals surface area contributed by atoms with Crippen molar-refractivity contribution >= 4 is 5.97 Å². The van der Waals surface area contributed by atoms with Crippen LogP contribution in [0.25, 0.3) is 0 Å². The fourth-order valence-corrected chi connectivity index (χ4v) is 5.68. The van der Waals surface area contributed by atoms with Crippen LogP contribution in [0.2, 0.25) is 0 Å². The Hall–Kier alpha value is -1.61. The first kappa shape index (κ1) is 24.0. The third-order valence-electron chi connectivity index (χ3n) is 7.53. The second-order valence-electron chi connectivity index (χ2n) is 9.76. The Labute approximate surface area is 189 Å². The van der Waals surface area contributed by atoms with E-state index in [1.54, 1.807) is 5.57 Å². The topological polar surface area (TPSA) is 46.5 Å². The molecular formula is C28H42O3. The van der Waals surface area contributed by atoms with Gasteiger partial charge in [-0.15, -0.1) is 0 Å². The van der Waals surface area contributed by atoms with E-state index in [0.29, 0.717) is 19.4 Å². The highest BCUT2D eigenvalue weighted by Crippen LogP contribution is 2.50. The summed E-state index contributed by atoms with van der Waals surface area (Å²) in [5, 5.41) is 9.76. The van der Waals surface area contributed by atoms with Crippen molar-refractivity contribution in [1.82, 2.24) is 0 Å². The predicted octanol–water partition coefficient (Wildman–Crippen LogP) is 7.55. The molecule has 4 atom stereocenters. The minimum absolute atomic E-state index is 0.0678. The number of fused-ring (bicyclic) bond motifs is 2. The lowest BCUT2D eigenvalue weighted by molar-refractivity contribution is -0.143. The molecule has 4 unspecified atom stereocenters. The smallest absolute Gasteiger partial charge is 0.306 e. The van der Waals surface area contributed by atoms with Gasteiger partial charge in [-0.25, -0.2) is 0 Å². The highest BCUT2D eigenvalue weighted by molar-refractivity contribution is 5.70. The molecule has 2 aliphatic carbocycles. The number of aliphatic carboxylic acids is 1. The average molecular weight is 427 g/mol. The maximum Gasteiger partial charge on any atom is 0.306 e. The first-order chi connectivity index (χ1) is 15.1. The lowest BCUT2D eigenvalue weighted by Gasteiger charge is -2.29. The van der Waals surface area contributed by atoms with E-state index in [9.17, 15) is 9.90 Å². The summed E-state index contributed by atoms with van der Waals surface area (Å²) in [7, 11) is 0. The summed E-state index contributed by atoms with van der Waals surface area (Å²) < 4.78 is 6.55. The van der Waals surface area contributed by atoms with E-state index in [-0.39, 0.29) is 12.0 Å². The molecule has 0 radical (unpaired) electrons. The van der Waals surface area contributed by atoms with Crippen molar-refractivity contribution in [3.05, 3.63) is 47.0 Å². The number of ether oxygens (including phenoxy) is 1. The molecule has 1 N–H and O–H groups in total. The maximum absolute atomic E-state index is 11.9. The van der Waals surface area contributed by atoms with E-state index >= 15 is 0 Å². The van der Waals surface area contributed by atoms with Gasteiger partial charge in [0.05, 0.1) is 18.6 Å². The molecule has 2 bridgehead atoms. The third-order valence-corrected chi connectivity index (χ3v) is 7.53. The van der Waals surface area contributed by atoms with Gasteiger partial charge in [-0.2, -0.15) is 0 Å². The molecule has 0 spiro atoms. The Morgan fingerprint density at radius 3 is 2.48 bits per heavy atom. The number of carbonyl (C=O) groups is 1. The fraction of sp³-hybridized carbons (Fsp3) is 0.679. The lowest BCUT2D eigenvalue weighted by Crippen LogP contribution is -2.26. The van der Waals surface area contributed by atoms with Crippen LogP contribution in [0.4, 0.5) is 0 Å². The van der Waals surface area contributed by atoms with Gasteiger partial charge in [0.25, 0.3) is 0 Å². The quantitative estimate of drug-likeness (QED) is 0.247. The van der Waals surface area contributed by atoms with Crippen LogP contribution in [0, 0.1) is 17.8 Å². The van der Waals surface area contributed by atoms with Crippen LogP contribution < -0.4 is 0 Å². The summed E-state index contributed by atoms with van der Waals surface area (Å²) in [5.41, 5.74) is 4.28. The van der Waals surface area contributed by atoms with Crippen molar-refractivity contribution in [2.24, 2.45) is 17.8 Å². The van der Waals surface area contributed by atoms with Crippen LogP contribution in [0.15, 0.2) is 41.5 Å². The van der Waals surface area contributed by atoms with Gasteiger partial charge in [-0.3, -0.25) is 4.79 Å². The van der Waals surface area contributed by atoms with Crippen LogP contribution in [0.5, 0.6) is 0 Å². The Balaban J connectivity index is 1.80. The normalized spacial score (nSPS) is 23.7. The molecule has 0 saturated heterocycles. The molecule has 2 aliphatic rings. The lowest BCUT2D eigenvalue weighted by atomic mass is 9.83. The summed E-state index contributed by atoms with van der Waals surface area (Å²) >= 11 is 0. The minimum atomic E-state index is -0.684. The van der Waals surface area contributed by atoms with Crippen LogP contribution in [-0.4, -0.2) is 17.2 Å². The van der Waals surface area contributed by atoms with Gasteiger partial charge in [-0.05, 0) is 74.3 Å². The van der Waals surface area contributed by atoms with E-state index in [4.69, 9.17) is 4.74 Å². The van der Waals surface area contributed by atoms with Gasteiger partial charge in [0.2, 0.25) is 0 Å². The zero-order valence-corrected chi connectivity index (χ0v) is 19.7. The highest BCUT2D eigenvalue weighted by Gasteiger charge is 2.38. The van der Waals surface area contributed by atoms with Crippen molar-refractivity contribution in [3.63, 3.8) is 0 Å². The number of unbranched alkanes of at least 4 members (excludes halogenated alkanes) is 4. The SMILES string of the molecule is CCCCCCCC(=C1CC2CCC1C2)C(CC(CC)C(=O)O)OCc1ccccc1. The molecule has 2 fully saturated rings. The summed E-state index contributed by atoms with van der Waals surface area (Å²) in [6, 6.07) is 10.3. The Morgan fingerprint density at radius 2 is 1.87 bits per heavy atom. The standard InChI is InChI=1S/C28H42O3/c1-3-5-6-7-11-14-25(26-18-22-15-16-24(26)17-22)27(19-23(4-2)28(29)30)31-20-21-12-9-8-10-13-21/h8-10,12-13,22-24,27H,3-7,11,14-20H2,1-2H3,(H,29,30). The monoisotopic (exact) mass is 426 g/mol. The van der Waals surface area contributed by atoms with E-state index < -0.39 is 5.97 Å². The summed E-state index contributed by atoms with van der Waals surface area (Å²) in [4.78, 5) is 11.9. The van der Waals surface area contributed by atoms with Gasteiger partial charge < -0.3 is 9.84 Å². The molecule has 172 valence electrons. The zero-order valence-electron chi connectivity index (χ0n) is 19.7. The molecule has 0 heterocycles. The van der Waals surface area contributed by atoms with Gasteiger partial charge >= 0.3 is 5.97 Å². The van der Waals surface area contributed by atoms with Crippen molar-refractivity contribution in [2.75, 3.05) is 0 Å². The average Bonchev–Trinajstić information content (AvgIpc) is 3.41. The Bertz CT molecular complexity index is 708. The third kappa shape index (κ3) is 6.94. The Morgan fingerprint density at radius 1 is 1.10 bits per heavy atom. The van der Waals surface area contributed by atoms with Crippen LogP contribution in [0.1, 0.15) is 96.5 Å². The number of rotatable bonds is 14. The molecule has 1 aromatic carbocycles. The molecule has 3 rings (SSSR count). The van der Waals surface area contributed by atoms with E-state index in [1.165, 1.54) is 63.4 Å². The molecule has 31 heavy (non-hydrogen) atoms. The highest BCUT2D eigenvalue weighted by atomic mass is 16.5. The van der Waals surface area contributed by atoms with E-state index in [1.807, 2.05) is 25.1 Å². The fourth-order valence-electron chi connectivity index (χ4n) is 5.68. The van der Waals surface area contributed by atoms with Crippen LogP contribution in [-0.2, 0) is 16.1 Å². The predicted molar refractivity (Wildman–Crippen MR) is 127 cm³/mol. The van der Waals surface area contributed by atoms with Crippen molar-refractivity contribution < 1.29 is 14.6 Å². The first-order valence-corrected chi connectivity index (χ1v) is 12.7. The van der Waals surface area contributed by atoms with Gasteiger partial charge in [0.1, 0.15) is 0 Å². The van der Waals surface area contributed by atoms with Gasteiger partial charge in [0.15, 0.2) is 0 Å². The minimum Gasteiger partial charge on any atom is -0.481 e. The van der Waals surface area contributed by atoms with Crippen molar-refractivity contribution in [3.8, 4) is 0 Å². The molecule has 1 aromatic rings. The molecule has 0 aromatic heterocycles. The molecule has 0 aliphatic heterocycles. The molecule has 2 saturated carbocycles. The number of allylic oxidation sites excluding steroid dienone is 1. The molecule has 3 heteroatoms. The number of hydrogen-bond donors (Lipinski definition) is 1. The Kier molecular flexibility index (Phi) is 9.64. The number of benzene rings is 1. The number of hydrogen-bond acceptors (Lipinski definition) is 2. The van der Waals surface area contributed by atoms with Crippen LogP contribution in [0.3, 0.4) is 0 Å². The zero-order chi connectivity index (χ0) is 22.1. The number of carboxylic acid groups (broad SMARTS) is 1. The summed E-state index contributed by atoms with van der Waals surface area (Å²) in [5.74, 6) is 0.556. The second-order valence-corrected chi connectivity index (χ2v) is 9.76. The van der Waals surface area contributed by atoms with Crippen LogP contribution >= 0.6 is 0 Å². The first-order valence-electron chi connectivity index (χ1n) is 12.7. The van der Waals surface area contributed by atoms with Crippen molar-refractivity contribution in [2.45, 2.75) is 104 Å². The molecular weight excluding hydrogens is 384 g/mol. The van der Waals surface area contributed by atoms with Gasteiger partial charge in [0, 0.05) is 0 Å². The maximum atomic E-state index is 11.9. The summed E-state index contributed by atoms with van der Waals surface area (Å²) in [6.45, 7) is 4.80. The second kappa shape index (κ2) is 12.4. The molecule has 0 amide bonds. The largest absolute Gasteiger partial charge is 0.481 e. The van der Waals surface area contributed by atoms with E-state index in [0.717, 1.165) is 23.8 Å². The number of carboxylic acids is 1.